The van der Waals surface area contributed by atoms with Crippen LogP contribution in [0.5, 0.6) is 0 Å². The van der Waals surface area contributed by atoms with E-state index >= 15 is 0 Å². The molecule has 0 aliphatic carbocycles. The summed E-state index contributed by atoms with van der Waals surface area (Å²) in [7, 11) is 0. The number of benzene rings is 2. The Morgan fingerprint density at radius 1 is 0.958 bits per heavy atom. The second-order valence-corrected chi connectivity index (χ2v) is 7.12. The van der Waals surface area contributed by atoms with Crippen molar-refractivity contribution in [1.82, 2.24) is 4.90 Å². The number of aryl methyl sites for hydroxylation is 1. The topological polar surface area (TPSA) is 23.6 Å². The predicted molar refractivity (Wildman–Crippen MR) is 101 cm³/mol. The molecular weight excluding hydrogens is 316 g/mol. The van der Waals surface area contributed by atoms with Gasteiger partial charge in [-0.3, -0.25) is 4.79 Å². The highest BCUT2D eigenvalue weighted by molar-refractivity contribution is 7.17. The van der Waals surface area contributed by atoms with E-state index in [1.165, 1.54) is 16.0 Å². The first kappa shape index (κ1) is 15.2. The van der Waals surface area contributed by atoms with E-state index < -0.39 is 0 Å². The fourth-order valence-electron chi connectivity index (χ4n) is 3.38. The van der Waals surface area contributed by atoms with Gasteiger partial charge < -0.3 is 9.80 Å². The molecule has 0 saturated carbocycles. The van der Waals surface area contributed by atoms with Crippen LogP contribution in [0.25, 0.3) is 10.1 Å². The van der Waals surface area contributed by atoms with Crippen molar-refractivity contribution in [1.29, 1.82) is 0 Å². The number of para-hydroxylation sites is 1. The molecule has 2 aromatic carbocycles. The average Bonchev–Trinajstić information content (AvgIpc) is 3.06. The third-order valence-corrected chi connectivity index (χ3v) is 5.70. The van der Waals surface area contributed by atoms with Gasteiger partial charge in [0, 0.05) is 47.3 Å². The summed E-state index contributed by atoms with van der Waals surface area (Å²) in [4.78, 5) is 17.3. The SMILES string of the molecule is Cc1ccccc1N1CCN(C(=O)c2csc3ccccc23)CC1. The van der Waals surface area contributed by atoms with Crippen molar-refractivity contribution in [2.45, 2.75) is 6.92 Å². The van der Waals surface area contributed by atoms with E-state index in [1.807, 2.05) is 28.5 Å². The van der Waals surface area contributed by atoms with Crippen LogP contribution in [0.1, 0.15) is 15.9 Å². The normalized spacial score (nSPS) is 15.0. The Morgan fingerprint density at radius 3 is 2.46 bits per heavy atom. The number of hydrogen-bond donors (Lipinski definition) is 0. The molecule has 0 N–H and O–H groups in total. The summed E-state index contributed by atoms with van der Waals surface area (Å²) < 4.78 is 1.18. The first-order valence-electron chi connectivity index (χ1n) is 8.30. The van der Waals surface area contributed by atoms with Gasteiger partial charge in [0.05, 0.1) is 5.56 Å². The zero-order chi connectivity index (χ0) is 16.5. The standard InChI is InChI=1S/C20H20N2OS/c1-15-6-2-4-8-18(15)21-10-12-22(13-11-21)20(23)17-14-24-19-9-5-3-7-16(17)19/h2-9,14H,10-13H2,1H3. The highest BCUT2D eigenvalue weighted by atomic mass is 32.1. The van der Waals surface area contributed by atoms with Crippen molar-refractivity contribution in [3.8, 4) is 0 Å². The Kier molecular flexibility index (Phi) is 3.98. The largest absolute Gasteiger partial charge is 0.368 e. The van der Waals surface area contributed by atoms with E-state index in [0.29, 0.717) is 0 Å². The number of anilines is 1. The number of fused-ring (bicyclic) bond motifs is 1. The molecule has 0 spiro atoms. The molecule has 1 saturated heterocycles. The molecular formula is C20H20N2OS. The lowest BCUT2D eigenvalue weighted by atomic mass is 10.1. The predicted octanol–water partition coefficient (Wildman–Crippen LogP) is 4.17. The minimum Gasteiger partial charge on any atom is -0.368 e. The van der Waals surface area contributed by atoms with Crippen LogP contribution in [-0.4, -0.2) is 37.0 Å². The molecule has 1 fully saturated rings. The van der Waals surface area contributed by atoms with E-state index in [9.17, 15) is 4.79 Å². The lowest BCUT2D eigenvalue weighted by Crippen LogP contribution is -2.49. The number of piperazine rings is 1. The Labute approximate surface area is 146 Å². The maximum absolute atomic E-state index is 12.9. The molecule has 122 valence electrons. The lowest BCUT2D eigenvalue weighted by Gasteiger charge is -2.36. The van der Waals surface area contributed by atoms with E-state index in [-0.39, 0.29) is 5.91 Å². The summed E-state index contributed by atoms with van der Waals surface area (Å²) in [6.07, 6.45) is 0. The van der Waals surface area contributed by atoms with E-state index in [2.05, 4.69) is 42.2 Å². The van der Waals surface area contributed by atoms with Gasteiger partial charge in [-0.2, -0.15) is 0 Å². The van der Waals surface area contributed by atoms with E-state index in [0.717, 1.165) is 37.1 Å². The summed E-state index contributed by atoms with van der Waals surface area (Å²) in [6.45, 7) is 5.47. The molecule has 0 atom stereocenters. The summed E-state index contributed by atoms with van der Waals surface area (Å²) in [5.74, 6) is 0.164. The molecule has 0 bridgehead atoms. The number of nitrogens with zero attached hydrogens (tertiary/aromatic N) is 2. The van der Waals surface area contributed by atoms with Gasteiger partial charge in [-0.15, -0.1) is 11.3 Å². The van der Waals surface area contributed by atoms with Crippen molar-refractivity contribution in [3.05, 3.63) is 65.0 Å². The Bertz CT molecular complexity index is 878. The number of carbonyl (C=O) groups is 1. The van der Waals surface area contributed by atoms with Gasteiger partial charge >= 0.3 is 0 Å². The Hall–Kier alpha value is -2.33. The van der Waals surface area contributed by atoms with Gasteiger partial charge in [0.1, 0.15) is 0 Å². The minimum absolute atomic E-state index is 0.164. The van der Waals surface area contributed by atoms with Gasteiger partial charge in [0.2, 0.25) is 0 Å². The molecule has 2 heterocycles. The van der Waals surface area contributed by atoms with Crippen molar-refractivity contribution in [2.75, 3.05) is 31.1 Å². The van der Waals surface area contributed by atoms with Crippen LogP contribution < -0.4 is 4.90 Å². The fourth-order valence-corrected chi connectivity index (χ4v) is 4.32. The second kappa shape index (κ2) is 6.29. The van der Waals surface area contributed by atoms with Gasteiger partial charge in [0.15, 0.2) is 0 Å². The molecule has 3 aromatic rings. The average molecular weight is 336 g/mol. The number of hydrogen-bond acceptors (Lipinski definition) is 3. The molecule has 0 radical (unpaired) electrons. The summed E-state index contributed by atoms with van der Waals surface area (Å²) in [5.41, 5.74) is 3.42. The quantitative estimate of drug-likeness (QED) is 0.701. The highest BCUT2D eigenvalue weighted by Gasteiger charge is 2.24. The van der Waals surface area contributed by atoms with Crippen LogP contribution in [-0.2, 0) is 0 Å². The van der Waals surface area contributed by atoms with Crippen LogP contribution >= 0.6 is 11.3 Å². The van der Waals surface area contributed by atoms with Crippen LogP contribution in [0.4, 0.5) is 5.69 Å². The Morgan fingerprint density at radius 2 is 1.67 bits per heavy atom. The van der Waals surface area contributed by atoms with Crippen LogP contribution in [0.3, 0.4) is 0 Å². The smallest absolute Gasteiger partial charge is 0.255 e. The van der Waals surface area contributed by atoms with Crippen LogP contribution in [0.2, 0.25) is 0 Å². The van der Waals surface area contributed by atoms with Gasteiger partial charge in [-0.1, -0.05) is 36.4 Å². The number of amides is 1. The molecule has 1 aliphatic heterocycles. The minimum atomic E-state index is 0.164. The molecule has 4 heteroatoms. The summed E-state index contributed by atoms with van der Waals surface area (Å²) >= 11 is 1.65. The summed E-state index contributed by atoms with van der Waals surface area (Å²) in [5, 5.41) is 3.08. The van der Waals surface area contributed by atoms with Crippen molar-refractivity contribution < 1.29 is 4.79 Å². The third kappa shape index (κ3) is 2.67. The summed E-state index contributed by atoms with van der Waals surface area (Å²) in [6, 6.07) is 16.6. The van der Waals surface area contributed by atoms with Crippen molar-refractivity contribution in [2.24, 2.45) is 0 Å². The molecule has 3 nitrogen and oxygen atoms in total. The first-order valence-corrected chi connectivity index (χ1v) is 9.18. The number of carbonyl (C=O) groups excluding carboxylic acids is 1. The molecule has 24 heavy (non-hydrogen) atoms. The number of thiophene rings is 1. The van der Waals surface area contributed by atoms with Crippen molar-refractivity contribution >= 4 is 33.0 Å². The zero-order valence-electron chi connectivity index (χ0n) is 13.7. The monoisotopic (exact) mass is 336 g/mol. The van der Waals surface area contributed by atoms with Crippen LogP contribution in [0.15, 0.2) is 53.9 Å². The second-order valence-electron chi connectivity index (χ2n) is 6.21. The maximum Gasteiger partial charge on any atom is 0.255 e. The maximum atomic E-state index is 12.9. The zero-order valence-corrected chi connectivity index (χ0v) is 14.6. The highest BCUT2D eigenvalue weighted by Crippen LogP contribution is 2.27. The van der Waals surface area contributed by atoms with Crippen LogP contribution in [0, 0.1) is 6.92 Å². The van der Waals surface area contributed by atoms with E-state index in [4.69, 9.17) is 0 Å². The Balaban J connectivity index is 1.50. The molecule has 1 amide bonds. The fraction of sp³-hybridized carbons (Fsp3) is 0.250. The van der Waals surface area contributed by atoms with Crippen molar-refractivity contribution in [3.63, 3.8) is 0 Å². The third-order valence-electron chi connectivity index (χ3n) is 4.73. The number of rotatable bonds is 2. The lowest BCUT2D eigenvalue weighted by molar-refractivity contribution is 0.0749. The molecule has 4 rings (SSSR count). The van der Waals surface area contributed by atoms with Gasteiger partial charge in [-0.05, 0) is 24.6 Å². The first-order chi connectivity index (χ1) is 11.7. The van der Waals surface area contributed by atoms with E-state index in [1.54, 1.807) is 11.3 Å². The van der Waals surface area contributed by atoms with Gasteiger partial charge in [0.25, 0.3) is 5.91 Å². The molecule has 0 unspecified atom stereocenters. The molecule has 1 aromatic heterocycles. The van der Waals surface area contributed by atoms with Gasteiger partial charge in [-0.25, -0.2) is 0 Å². The molecule has 1 aliphatic rings.